The third-order valence-corrected chi connectivity index (χ3v) is 3.68. The maximum atomic E-state index is 12.3. The Bertz CT molecular complexity index is 495. The zero-order valence-electron chi connectivity index (χ0n) is 14.4. The maximum absolute atomic E-state index is 12.3. The van der Waals surface area contributed by atoms with Crippen molar-refractivity contribution in [1.29, 1.82) is 0 Å². The van der Waals surface area contributed by atoms with Gasteiger partial charge in [-0.25, -0.2) is 0 Å². The highest BCUT2D eigenvalue weighted by Gasteiger charge is 2.20. The molecule has 5 nitrogen and oxygen atoms in total. The van der Waals surface area contributed by atoms with Crippen LogP contribution in [0, 0.1) is 0 Å². The summed E-state index contributed by atoms with van der Waals surface area (Å²) in [5.41, 5.74) is 0.852. The number of hydrogen-bond donors (Lipinski definition) is 1. The topological polar surface area (TPSA) is 58.6 Å². The Balaban J connectivity index is 2.61. The summed E-state index contributed by atoms with van der Waals surface area (Å²) in [6, 6.07) is 7.45. The molecule has 2 amide bonds. The third-order valence-electron chi connectivity index (χ3n) is 3.68. The summed E-state index contributed by atoms with van der Waals surface area (Å²) in [5, 5.41) is 2.70. The van der Waals surface area contributed by atoms with Gasteiger partial charge in [-0.05, 0) is 18.9 Å². The molecule has 128 valence electrons. The van der Waals surface area contributed by atoms with Crippen LogP contribution in [0.25, 0.3) is 0 Å². The Labute approximate surface area is 139 Å². The molecule has 1 rings (SSSR count). The monoisotopic (exact) mass is 320 g/mol. The van der Waals surface area contributed by atoms with E-state index in [0.717, 1.165) is 31.2 Å². The molecule has 1 aromatic rings. The molecular formula is C18H28N2O3. The average molecular weight is 320 g/mol. The van der Waals surface area contributed by atoms with Crippen LogP contribution in [0.5, 0.6) is 5.75 Å². The van der Waals surface area contributed by atoms with Crippen molar-refractivity contribution >= 4 is 11.8 Å². The minimum Gasteiger partial charge on any atom is -0.496 e. The standard InChI is InChI=1S/C18H28N2O3/c1-4-6-12-20(13-7-5-2)18(22)17(21)19-14-15-10-8-9-11-16(15)23-3/h8-11H,4-7,12-14H2,1-3H3,(H,19,21). The second-order valence-corrected chi connectivity index (χ2v) is 5.49. The first kappa shape index (κ1) is 19.0. The number of hydrogen-bond acceptors (Lipinski definition) is 3. The number of benzene rings is 1. The molecule has 0 spiro atoms. The predicted molar refractivity (Wildman–Crippen MR) is 91.2 cm³/mol. The number of para-hydroxylation sites is 1. The van der Waals surface area contributed by atoms with Crippen molar-refractivity contribution in [2.45, 2.75) is 46.1 Å². The molecular weight excluding hydrogens is 292 g/mol. The Morgan fingerprint density at radius 1 is 1.09 bits per heavy atom. The first-order valence-electron chi connectivity index (χ1n) is 8.33. The van der Waals surface area contributed by atoms with E-state index < -0.39 is 11.8 Å². The van der Waals surface area contributed by atoms with E-state index in [4.69, 9.17) is 4.74 Å². The Hall–Kier alpha value is -2.04. The largest absolute Gasteiger partial charge is 0.496 e. The second kappa shape index (κ2) is 10.6. The van der Waals surface area contributed by atoms with Crippen LogP contribution in [0.4, 0.5) is 0 Å². The summed E-state index contributed by atoms with van der Waals surface area (Å²) in [5.74, 6) is -0.293. The summed E-state index contributed by atoms with van der Waals surface area (Å²) in [7, 11) is 1.59. The fraction of sp³-hybridized carbons (Fsp3) is 0.556. The number of amides is 2. The molecule has 0 fully saturated rings. The highest BCUT2D eigenvalue weighted by Crippen LogP contribution is 2.16. The van der Waals surface area contributed by atoms with Crippen LogP contribution < -0.4 is 10.1 Å². The van der Waals surface area contributed by atoms with Gasteiger partial charge in [0, 0.05) is 25.2 Å². The first-order chi connectivity index (χ1) is 11.1. The van der Waals surface area contributed by atoms with Crippen molar-refractivity contribution in [3.05, 3.63) is 29.8 Å². The van der Waals surface area contributed by atoms with Gasteiger partial charge in [-0.2, -0.15) is 0 Å². The zero-order valence-corrected chi connectivity index (χ0v) is 14.4. The van der Waals surface area contributed by atoms with Crippen LogP contribution in [0.2, 0.25) is 0 Å². The van der Waals surface area contributed by atoms with E-state index in [2.05, 4.69) is 19.2 Å². The average Bonchev–Trinajstić information content (AvgIpc) is 2.59. The summed E-state index contributed by atoms with van der Waals surface area (Å²) >= 11 is 0. The minimum atomic E-state index is -0.553. The van der Waals surface area contributed by atoms with E-state index in [1.807, 2.05) is 24.3 Å². The van der Waals surface area contributed by atoms with Gasteiger partial charge in [-0.1, -0.05) is 44.9 Å². The van der Waals surface area contributed by atoms with Crippen molar-refractivity contribution in [2.24, 2.45) is 0 Å². The van der Waals surface area contributed by atoms with Gasteiger partial charge in [0.05, 0.1) is 7.11 Å². The van der Waals surface area contributed by atoms with Crippen LogP contribution in [0.15, 0.2) is 24.3 Å². The number of carbonyl (C=O) groups excluding carboxylic acids is 2. The lowest BCUT2D eigenvalue weighted by atomic mass is 10.2. The van der Waals surface area contributed by atoms with Gasteiger partial charge in [-0.15, -0.1) is 0 Å². The molecule has 0 saturated carbocycles. The van der Waals surface area contributed by atoms with Crippen molar-refractivity contribution in [1.82, 2.24) is 10.2 Å². The second-order valence-electron chi connectivity index (χ2n) is 5.49. The molecule has 1 aromatic carbocycles. The maximum Gasteiger partial charge on any atom is 0.311 e. The van der Waals surface area contributed by atoms with Gasteiger partial charge in [0.1, 0.15) is 5.75 Å². The first-order valence-corrected chi connectivity index (χ1v) is 8.33. The zero-order chi connectivity index (χ0) is 17.1. The van der Waals surface area contributed by atoms with Crippen molar-refractivity contribution in [2.75, 3.05) is 20.2 Å². The van der Waals surface area contributed by atoms with Gasteiger partial charge >= 0.3 is 11.8 Å². The fourth-order valence-corrected chi connectivity index (χ4v) is 2.26. The van der Waals surface area contributed by atoms with Gasteiger partial charge in [0.2, 0.25) is 0 Å². The summed E-state index contributed by atoms with van der Waals surface area (Å²) in [4.78, 5) is 26.1. The van der Waals surface area contributed by atoms with Crippen molar-refractivity contribution in [3.63, 3.8) is 0 Å². The summed E-state index contributed by atoms with van der Waals surface area (Å²) in [6.07, 6.45) is 3.82. The number of unbranched alkanes of at least 4 members (excludes halogenated alkanes) is 2. The molecule has 0 aromatic heterocycles. The van der Waals surface area contributed by atoms with Crippen molar-refractivity contribution < 1.29 is 14.3 Å². The molecule has 0 unspecified atom stereocenters. The molecule has 0 atom stereocenters. The Morgan fingerprint density at radius 2 is 1.70 bits per heavy atom. The minimum absolute atomic E-state index is 0.282. The SMILES string of the molecule is CCCCN(CCCC)C(=O)C(=O)NCc1ccccc1OC. The lowest BCUT2D eigenvalue weighted by Crippen LogP contribution is -2.43. The molecule has 0 saturated heterocycles. The molecule has 1 N–H and O–H groups in total. The molecule has 0 aliphatic carbocycles. The Morgan fingerprint density at radius 3 is 2.26 bits per heavy atom. The molecule has 5 heteroatoms. The Kier molecular flexibility index (Phi) is 8.80. The van der Waals surface area contributed by atoms with Gasteiger partial charge in [0.25, 0.3) is 0 Å². The van der Waals surface area contributed by atoms with E-state index in [1.54, 1.807) is 12.0 Å². The fourth-order valence-electron chi connectivity index (χ4n) is 2.26. The third kappa shape index (κ3) is 6.30. The number of carbonyl (C=O) groups is 2. The van der Waals surface area contributed by atoms with E-state index in [9.17, 15) is 9.59 Å². The van der Waals surface area contributed by atoms with E-state index >= 15 is 0 Å². The van der Waals surface area contributed by atoms with E-state index in [1.165, 1.54) is 0 Å². The molecule has 0 bridgehead atoms. The van der Waals surface area contributed by atoms with Crippen molar-refractivity contribution in [3.8, 4) is 5.75 Å². The number of ether oxygens (including phenoxy) is 1. The molecule has 0 aliphatic heterocycles. The van der Waals surface area contributed by atoms with Crippen LogP contribution in [0.3, 0.4) is 0 Å². The van der Waals surface area contributed by atoms with Crippen LogP contribution in [-0.2, 0) is 16.1 Å². The summed E-state index contributed by atoms with van der Waals surface area (Å²) in [6.45, 7) is 5.70. The van der Waals surface area contributed by atoms with Gasteiger partial charge in [-0.3, -0.25) is 9.59 Å². The van der Waals surface area contributed by atoms with Gasteiger partial charge in [0.15, 0.2) is 0 Å². The van der Waals surface area contributed by atoms with Gasteiger partial charge < -0.3 is 15.0 Å². The molecule has 0 radical (unpaired) electrons. The number of nitrogens with zero attached hydrogens (tertiary/aromatic N) is 1. The lowest BCUT2D eigenvalue weighted by Gasteiger charge is -2.21. The smallest absolute Gasteiger partial charge is 0.311 e. The van der Waals surface area contributed by atoms with Crippen LogP contribution in [-0.4, -0.2) is 36.9 Å². The number of rotatable bonds is 9. The van der Waals surface area contributed by atoms with E-state index in [-0.39, 0.29) is 6.54 Å². The molecule has 0 heterocycles. The normalized spacial score (nSPS) is 10.2. The van der Waals surface area contributed by atoms with Crippen LogP contribution in [0.1, 0.15) is 45.1 Å². The quantitative estimate of drug-likeness (QED) is 0.712. The molecule has 0 aliphatic rings. The number of methoxy groups -OCH3 is 1. The highest BCUT2D eigenvalue weighted by molar-refractivity contribution is 6.34. The number of nitrogens with one attached hydrogen (secondary N) is 1. The summed E-state index contributed by atoms with van der Waals surface area (Å²) < 4.78 is 5.25. The van der Waals surface area contributed by atoms with Crippen LogP contribution >= 0.6 is 0 Å². The predicted octanol–water partition coefficient (Wildman–Crippen LogP) is 2.74. The van der Waals surface area contributed by atoms with E-state index in [0.29, 0.717) is 18.8 Å². The molecule has 23 heavy (non-hydrogen) atoms. The lowest BCUT2D eigenvalue weighted by molar-refractivity contribution is -0.146. The highest BCUT2D eigenvalue weighted by atomic mass is 16.5.